The predicted octanol–water partition coefficient (Wildman–Crippen LogP) is 2.47. The molecule has 0 aliphatic rings. The lowest BCUT2D eigenvalue weighted by atomic mass is 10.1. The molecular formula is C16H24N4O5. The van der Waals surface area contributed by atoms with Gasteiger partial charge >= 0.3 is 12.2 Å². The molecule has 0 aromatic heterocycles. The van der Waals surface area contributed by atoms with Gasteiger partial charge in [0.15, 0.2) is 0 Å². The maximum atomic E-state index is 11.9. The van der Waals surface area contributed by atoms with Crippen molar-refractivity contribution in [3.63, 3.8) is 0 Å². The smallest absolute Gasteiger partial charge is 0.414 e. The van der Waals surface area contributed by atoms with Crippen molar-refractivity contribution in [3.05, 3.63) is 23.8 Å². The van der Waals surface area contributed by atoms with Gasteiger partial charge in [0.1, 0.15) is 11.4 Å². The minimum Gasteiger partial charge on any atom is -0.508 e. The fourth-order valence-corrected chi connectivity index (χ4v) is 1.78. The number of carbonyl (C=O) groups excluding carboxylic acids is 1. The number of amides is 2. The molecule has 0 atom stereocenters. The van der Waals surface area contributed by atoms with Gasteiger partial charge in [0.05, 0.1) is 0 Å². The van der Waals surface area contributed by atoms with E-state index in [1.807, 2.05) is 0 Å². The summed E-state index contributed by atoms with van der Waals surface area (Å²) in [7, 11) is 0. The van der Waals surface area contributed by atoms with Crippen molar-refractivity contribution in [2.45, 2.75) is 39.8 Å². The van der Waals surface area contributed by atoms with E-state index < -0.39 is 17.8 Å². The van der Waals surface area contributed by atoms with Crippen molar-refractivity contribution >= 4 is 23.8 Å². The molecule has 0 heterocycles. The zero-order valence-electron chi connectivity index (χ0n) is 14.7. The monoisotopic (exact) mass is 352 g/mol. The number of guanidine groups is 1. The third kappa shape index (κ3) is 7.91. The predicted molar refractivity (Wildman–Crippen MR) is 93.9 cm³/mol. The molecule has 0 fully saturated rings. The lowest BCUT2D eigenvalue weighted by molar-refractivity contribution is 0.0563. The minimum absolute atomic E-state index is 0.0478. The van der Waals surface area contributed by atoms with Gasteiger partial charge in [0.2, 0.25) is 5.96 Å². The number of phenolic OH excluding ortho intramolecular Hbond substituents is 1. The van der Waals surface area contributed by atoms with Gasteiger partial charge < -0.3 is 25.6 Å². The summed E-state index contributed by atoms with van der Waals surface area (Å²) in [6.07, 6.45) is -1.85. The fraction of sp³-hybridized carbons (Fsp3) is 0.438. The highest BCUT2D eigenvalue weighted by atomic mass is 16.6. The molecule has 25 heavy (non-hydrogen) atoms. The van der Waals surface area contributed by atoms with Crippen LogP contribution in [0.4, 0.5) is 15.3 Å². The number of rotatable bonds is 4. The maximum Gasteiger partial charge on any atom is 0.414 e. The van der Waals surface area contributed by atoms with Crippen LogP contribution in [0.1, 0.15) is 33.3 Å². The lowest BCUT2D eigenvalue weighted by Gasteiger charge is -2.20. The molecule has 2 amide bonds. The molecule has 9 nitrogen and oxygen atoms in total. The van der Waals surface area contributed by atoms with E-state index in [2.05, 4.69) is 20.9 Å². The van der Waals surface area contributed by atoms with Gasteiger partial charge in [-0.3, -0.25) is 10.3 Å². The van der Waals surface area contributed by atoms with Crippen LogP contribution >= 0.6 is 0 Å². The Hall–Kier alpha value is -2.97. The number of aromatic hydroxyl groups is 1. The van der Waals surface area contributed by atoms with Crippen LogP contribution in [0.5, 0.6) is 5.75 Å². The van der Waals surface area contributed by atoms with Gasteiger partial charge in [-0.05, 0) is 45.9 Å². The molecule has 5 N–H and O–H groups in total. The molecule has 0 saturated heterocycles. The number of carbonyl (C=O) groups is 2. The summed E-state index contributed by atoms with van der Waals surface area (Å²) in [6, 6.07) is 4.53. The summed E-state index contributed by atoms with van der Waals surface area (Å²) >= 11 is 0. The molecule has 1 rings (SSSR count). The maximum absolute atomic E-state index is 11.9. The van der Waals surface area contributed by atoms with Crippen molar-refractivity contribution in [2.75, 3.05) is 11.9 Å². The molecule has 9 heteroatoms. The number of ether oxygens (including phenoxy) is 1. The number of carboxylic acid groups (broad SMARTS) is 1. The van der Waals surface area contributed by atoms with Crippen molar-refractivity contribution in [1.29, 1.82) is 0 Å². The number of hydrogen-bond donors (Lipinski definition) is 5. The molecule has 1 aromatic carbocycles. The number of hydrogen-bond acceptors (Lipinski definition) is 5. The van der Waals surface area contributed by atoms with Crippen molar-refractivity contribution < 1.29 is 24.5 Å². The van der Waals surface area contributed by atoms with Gasteiger partial charge in [-0.1, -0.05) is 0 Å². The first-order valence-corrected chi connectivity index (χ1v) is 7.71. The van der Waals surface area contributed by atoms with Gasteiger partial charge in [-0.15, -0.1) is 0 Å². The Kier molecular flexibility index (Phi) is 7.04. The summed E-state index contributed by atoms with van der Waals surface area (Å²) in [5, 5.41) is 26.0. The summed E-state index contributed by atoms with van der Waals surface area (Å²) in [5.41, 5.74) is 0.249. The molecule has 0 aliphatic carbocycles. The lowest BCUT2D eigenvalue weighted by Crippen LogP contribution is -2.40. The van der Waals surface area contributed by atoms with Crippen LogP contribution in [0.2, 0.25) is 0 Å². The highest BCUT2D eigenvalue weighted by Crippen LogP contribution is 2.21. The second kappa shape index (κ2) is 8.76. The topological polar surface area (TPSA) is 132 Å². The molecule has 0 saturated carbocycles. The number of nitrogens with zero attached hydrogens (tertiary/aromatic N) is 1. The summed E-state index contributed by atoms with van der Waals surface area (Å²) in [5.74, 6) is 0.132. The SMILES string of the molecule is CCN=C(NC(=O)OC(C)(C)C)Nc1ccc(O)c(CNC(=O)O)c1. The van der Waals surface area contributed by atoms with Gasteiger partial charge in [0, 0.05) is 24.3 Å². The fourth-order valence-electron chi connectivity index (χ4n) is 1.78. The minimum atomic E-state index is -1.20. The van der Waals surface area contributed by atoms with E-state index in [1.54, 1.807) is 39.8 Å². The molecule has 0 spiro atoms. The van der Waals surface area contributed by atoms with Gasteiger partial charge in [-0.25, -0.2) is 9.59 Å². The zero-order chi connectivity index (χ0) is 19.0. The Balaban J connectivity index is 2.84. The van der Waals surface area contributed by atoms with Crippen molar-refractivity contribution in [2.24, 2.45) is 4.99 Å². The molecule has 0 aliphatic heterocycles. The summed E-state index contributed by atoms with van der Waals surface area (Å²) in [6.45, 7) is 7.41. The Morgan fingerprint density at radius 3 is 2.52 bits per heavy atom. The van der Waals surface area contributed by atoms with Crippen LogP contribution in [-0.2, 0) is 11.3 Å². The normalized spacial score (nSPS) is 11.6. The second-order valence-corrected chi connectivity index (χ2v) is 6.08. The quantitative estimate of drug-likeness (QED) is 0.321. The van der Waals surface area contributed by atoms with Crippen LogP contribution in [0, 0.1) is 0 Å². The molecule has 0 bridgehead atoms. The van der Waals surface area contributed by atoms with E-state index in [9.17, 15) is 14.7 Å². The van der Waals surface area contributed by atoms with E-state index in [0.717, 1.165) is 0 Å². The standard InChI is InChI=1S/C16H24N4O5/c1-5-17-13(20-15(24)25-16(2,3)4)19-11-6-7-12(21)10(8-11)9-18-14(22)23/h6-8,18,21H,5,9H2,1-4H3,(H,22,23)(H2,17,19,20,24). The first-order chi connectivity index (χ1) is 11.6. The number of phenols is 1. The number of anilines is 1. The van der Waals surface area contributed by atoms with Crippen LogP contribution in [0.25, 0.3) is 0 Å². The average Bonchev–Trinajstić information content (AvgIpc) is 2.45. The van der Waals surface area contributed by atoms with Crippen LogP contribution in [-0.4, -0.2) is 40.5 Å². The van der Waals surface area contributed by atoms with Crippen molar-refractivity contribution in [1.82, 2.24) is 10.6 Å². The Morgan fingerprint density at radius 1 is 1.28 bits per heavy atom. The largest absolute Gasteiger partial charge is 0.508 e. The first kappa shape index (κ1) is 20.1. The van der Waals surface area contributed by atoms with Crippen LogP contribution in [0.15, 0.2) is 23.2 Å². The van der Waals surface area contributed by atoms with E-state index >= 15 is 0 Å². The molecule has 1 aromatic rings. The van der Waals surface area contributed by atoms with Crippen LogP contribution in [0.3, 0.4) is 0 Å². The Bertz CT molecular complexity index is 652. The van der Waals surface area contributed by atoms with E-state index in [4.69, 9.17) is 9.84 Å². The Labute approximate surface area is 146 Å². The second-order valence-electron chi connectivity index (χ2n) is 6.08. The third-order valence-corrected chi connectivity index (χ3v) is 2.71. The molecule has 0 unspecified atom stereocenters. The third-order valence-electron chi connectivity index (χ3n) is 2.71. The van der Waals surface area contributed by atoms with E-state index in [0.29, 0.717) is 17.8 Å². The average molecular weight is 352 g/mol. The molecular weight excluding hydrogens is 328 g/mol. The van der Waals surface area contributed by atoms with E-state index in [1.165, 1.54) is 6.07 Å². The van der Waals surface area contributed by atoms with Crippen molar-refractivity contribution in [3.8, 4) is 5.75 Å². The van der Waals surface area contributed by atoms with Gasteiger partial charge in [0.25, 0.3) is 0 Å². The highest BCUT2D eigenvalue weighted by Gasteiger charge is 2.17. The first-order valence-electron chi connectivity index (χ1n) is 7.71. The Morgan fingerprint density at radius 2 is 1.96 bits per heavy atom. The van der Waals surface area contributed by atoms with Crippen LogP contribution < -0.4 is 16.0 Å². The zero-order valence-corrected chi connectivity index (χ0v) is 14.7. The van der Waals surface area contributed by atoms with E-state index in [-0.39, 0.29) is 18.3 Å². The molecule has 138 valence electrons. The molecule has 0 radical (unpaired) electrons. The number of benzene rings is 1. The van der Waals surface area contributed by atoms with Gasteiger partial charge in [-0.2, -0.15) is 0 Å². The number of alkyl carbamates (subject to hydrolysis) is 1. The summed E-state index contributed by atoms with van der Waals surface area (Å²) < 4.78 is 5.17. The summed E-state index contributed by atoms with van der Waals surface area (Å²) in [4.78, 5) is 26.6. The highest BCUT2D eigenvalue weighted by molar-refractivity contribution is 6.02. The number of nitrogens with one attached hydrogen (secondary N) is 3. The number of aliphatic imine (C=N–C) groups is 1.